The van der Waals surface area contributed by atoms with Gasteiger partial charge in [0.1, 0.15) is 0 Å². The molecule has 1 atom stereocenters. The zero-order valence-corrected chi connectivity index (χ0v) is 22.9. The Labute approximate surface area is 218 Å². The van der Waals surface area contributed by atoms with Crippen molar-refractivity contribution in [2.45, 2.75) is 78.6 Å². The number of methoxy groups -OCH3 is 1. The van der Waals surface area contributed by atoms with Gasteiger partial charge < -0.3 is 14.6 Å². The van der Waals surface area contributed by atoms with Gasteiger partial charge in [0.25, 0.3) is 0 Å². The van der Waals surface area contributed by atoms with Crippen LogP contribution in [-0.2, 0) is 33.5 Å². The van der Waals surface area contributed by atoms with Crippen molar-refractivity contribution in [1.82, 2.24) is 0 Å². The smallest absolute Gasteiger partial charge is 0.335 e. The summed E-state index contributed by atoms with van der Waals surface area (Å²) in [6.07, 6.45) is 10.5. The van der Waals surface area contributed by atoms with Crippen molar-refractivity contribution in [2.75, 3.05) is 26.9 Å². The third-order valence-corrected chi connectivity index (χ3v) is 6.97. The first-order chi connectivity index (χ1) is 17.4. The van der Waals surface area contributed by atoms with Crippen molar-refractivity contribution in [3.05, 3.63) is 71.3 Å². The Balaban J connectivity index is 1.99. The fourth-order valence-electron chi connectivity index (χ4n) is 4.55. The fourth-order valence-corrected chi connectivity index (χ4v) is 4.55. The first-order valence-corrected chi connectivity index (χ1v) is 13.5. The van der Waals surface area contributed by atoms with E-state index in [9.17, 15) is 4.79 Å². The van der Waals surface area contributed by atoms with Crippen molar-refractivity contribution in [3.63, 3.8) is 0 Å². The minimum Gasteiger partial charge on any atom is -0.462 e. The largest absolute Gasteiger partial charge is 0.462 e. The van der Waals surface area contributed by atoms with Gasteiger partial charge in [0.05, 0.1) is 25.4 Å². The lowest BCUT2D eigenvalue weighted by Crippen LogP contribution is -2.31. The van der Waals surface area contributed by atoms with E-state index in [-0.39, 0.29) is 17.6 Å². The third kappa shape index (κ3) is 9.55. The summed E-state index contributed by atoms with van der Waals surface area (Å²) >= 11 is 0. The van der Waals surface area contributed by atoms with E-state index in [1.165, 1.54) is 66.3 Å². The highest BCUT2D eigenvalue weighted by atomic mass is 16.5. The van der Waals surface area contributed by atoms with Gasteiger partial charge in [-0.1, -0.05) is 95.5 Å². The lowest BCUT2D eigenvalue weighted by molar-refractivity contribution is -0.144. The Morgan fingerprint density at radius 3 is 2.25 bits per heavy atom. The average molecular weight is 495 g/mol. The first-order valence-electron chi connectivity index (χ1n) is 13.5. The number of carbonyl (C=O) groups excluding carboxylic acids is 1. The summed E-state index contributed by atoms with van der Waals surface area (Å²) in [4.78, 5) is 11.9. The van der Waals surface area contributed by atoms with Crippen LogP contribution in [-0.4, -0.2) is 38.0 Å². The third-order valence-electron chi connectivity index (χ3n) is 6.97. The molecule has 2 rings (SSSR count). The van der Waals surface area contributed by atoms with E-state index < -0.39 is 12.6 Å². The Bertz CT molecular complexity index is 947. The van der Waals surface area contributed by atoms with Crippen LogP contribution in [0, 0.1) is 5.41 Å². The molecule has 0 heterocycles. The first kappa shape index (κ1) is 29.8. The number of ether oxygens (including phenoxy) is 2. The molecule has 36 heavy (non-hydrogen) atoms. The van der Waals surface area contributed by atoms with Crippen LogP contribution in [0.3, 0.4) is 0 Å². The van der Waals surface area contributed by atoms with Crippen LogP contribution < -0.4 is 0 Å². The molecular formula is C32H46O4. The normalized spacial score (nSPS) is 12.8. The highest BCUT2D eigenvalue weighted by molar-refractivity contribution is 5.87. The van der Waals surface area contributed by atoms with Crippen LogP contribution in [0.2, 0.25) is 0 Å². The standard InChI is InChI=1S/C32H46O4/c1-6-8-9-10-11-12-28-17-18-30(21-27(28)7-2)29-15-13-26(14-16-29)19-20-32(4,23-35-5)24-36-31(34)25(3)22-33/h13-18,21,33H,3,6-12,19-20,22-24H2,1-2,4-5H3. The molecule has 2 aromatic rings. The second-order valence-electron chi connectivity index (χ2n) is 10.3. The van der Waals surface area contributed by atoms with Gasteiger partial charge in [-0.2, -0.15) is 0 Å². The Morgan fingerprint density at radius 1 is 0.917 bits per heavy atom. The van der Waals surface area contributed by atoms with Gasteiger partial charge in [-0.3, -0.25) is 0 Å². The molecule has 0 saturated carbocycles. The maximum Gasteiger partial charge on any atom is 0.335 e. The molecule has 1 unspecified atom stereocenters. The SMILES string of the molecule is C=C(CO)C(=O)OCC(C)(CCc1ccc(-c2ccc(CCCCCCC)c(CC)c2)cc1)COC. The van der Waals surface area contributed by atoms with Gasteiger partial charge in [-0.25, -0.2) is 4.79 Å². The molecule has 0 aromatic heterocycles. The Hall–Kier alpha value is -2.43. The van der Waals surface area contributed by atoms with Gasteiger partial charge >= 0.3 is 5.97 Å². The number of rotatable bonds is 17. The van der Waals surface area contributed by atoms with E-state index in [1.807, 2.05) is 0 Å². The van der Waals surface area contributed by atoms with E-state index in [2.05, 4.69) is 69.8 Å². The summed E-state index contributed by atoms with van der Waals surface area (Å²) in [6.45, 7) is 10.4. The fraction of sp³-hybridized carbons (Fsp3) is 0.531. The highest BCUT2D eigenvalue weighted by Crippen LogP contribution is 2.28. The van der Waals surface area contributed by atoms with Gasteiger partial charge in [0.2, 0.25) is 0 Å². The van der Waals surface area contributed by atoms with Crippen molar-refractivity contribution < 1.29 is 19.4 Å². The van der Waals surface area contributed by atoms with E-state index in [1.54, 1.807) is 7.11 Å². The van der Waals surface area contributed by atoms with Crippen LogP contribution in [0.15, 0.2) is 54.6 Å². The molecular weight excluding hydrogens is 448 g/mol. The molecule has 198 valence electrons. The molecule has 0 aliphatic rings. The quantitative estimate of drug-likeness (QED) is 0.145. The Kier molecular flexibility index (Phi) is 12.9. The molecule has 0 saturated heterocycles. The number of hydrogen-bond acceptors (Lipinski definition) is 4. The van der Waals surface area contributed by atoms with Gasteiger partial charge in [0.15, 0.2) is 0 Å². The summed E-state index contributed by atoms with van der Waals surface area (Å²) in [5, 5.41) is 9.07. The second-order valence-corrected chi connectivity index (χ2v) is 10.3. The van der Waals surface area contributed by atoms with Gasteiger partial charge in [-0.05, 0) is 59.9 Å². The molecule has 0 radical (unpaired) electrons. The van der Waals surface area contributed by atoms with E-state index in [0.29, 0.717) is 6.61 Å². The van der Waals surface area contributed by atoms with Crippen molar-refractivity contribution in [2.24, 2.45) is 5.41 Å². The number of esters is 1. The van der Waals surface area contributed by atoms with Crippen molar-refractivity contribution in [3.8, 4) is 11.1 Å². The molecule has 0 bridgehead atoms. The molecule has 0 fully saturated rings. The van der Waals surface area contributed by atoms with Crippen LogP contribution in [0.4, 0.5) is 0 Å². The topological polar surface area (TPSA) is 55.8 Å². The van der Waals surface area contributed by atoms with Crippen LogP contribution in [0.5, 0.6) is 0 Å². The minimum absolute atomic E-state index is 0.0663. The van der Waals surface area contributed by atoms with E-state index in [0.717, 1.165) is 19.3 Å². The minimum atomic E-state index is -0.557. The maximum atomic E-state index is 11.9. The van der Waals surface area contributed by atoms with Gasteiger partial charge in [-0.15, -0.1) is 0 Å². The molecule has 0 spiro atoms. The number of aryl methyl sites for hydroxylation is 3. The number of hydrogen-bond donors (Lipinski definition) is 1. The van der Waals surface area contributed by atoms with Gasteiger partial charge in [0, 0.05) is 12.5 Å². The molecule has 1 N–H and O–H groups in total. The molecule has 0 aliphatic heterocycles. The van der Waals surface area contributed by atoms with E-state index >= 15 is 0 Å². The number of aliphatic hydroxyl groups is 1. The maximum absolute atomic E-state index is 11.9. The molecule has 0 aliphatic carbocycles. The highest BCUT2D eigenvalue weighted by Gasteiger charge is 2.27. The summed E-state index contributed by atoms with van der Waals surface area (Å²) in [5.41, 5.74) is 6.45. The monoisotopic (exact) mass is 494 g/mol. The number of unbranched alkanes of at least 4 members (excludes halogenated alkanes) is 4. The lowest BCUT2D eigenvalue weighted by atomic mass is 9.85. The number of carbonyl (C=O) groups is 1. The zero-order chi connectivity index (χ0) is 26.4. The van der Waals surface area contributed by atoms with Crippen molar-refractivity contribution in [1.29, 1.82) is 0 Å². The summed E-state index contributed by atoms with van der Waals surface area (Å²) in [7, 11) is 1.66. The van der Waals surface area contributed by atoms with Crippen molar-refractivity contribution >= 4 is 5.97 Å². The predicted octanol–water partition coefficient (Wildman–Crippen LogP) is 7.11. The summed E-state index contributed by atoms with van der Waals surface area (Å²) in [5.74, 6) is -0.557. The molecule has 2 aromatic carbocycles. The average Bonchev–Trinajstić information content (AvgIpc) is 2.90. The second kappa shape index (κ2) is 15.6. The van der Waals surface area contributed by atoms with Crippen LogP contribution >= 0.6 is 0 Å². The lowest BCUT2D eigenvalue weighted by Gasteiger charge is -2.28. The number of benzene rings is 2. The van der Waals surface area contributed by atoms with Crippen LogP contribution in [0.1, 0.15) is 76.0 Å². The molecule has 4 nitrogen and oxygen atoms in total. The Morgan fingerprint density at radius 2 is 1.61 bits per heavy atom. The van der Waals surface area contributed by atoms with Crippen LogP contribution in [0.25, 0.3) is 11.1 Å². The molecule has 0 amide bonds. The number of aliphatic hydroxyl groups excluding tert-OH is 1. The summed E-state index contributed by atoms with van der Waals surface area (Å²) < 4.78 is 10.8. The summed E-state index contributed by atoms with van der Waals surface area (Å²) in [6, 6.07) is 15.7. The molecule has 4 heteroatoms. The predicted molar refractivity (Wildman–Crippen MR) is 149 cm³/mol. The van der Waals surface area contributed by atoms with E-state index in [4.69, 9.17) is 14.6 Å². The zero-order valence-electron chi connectivity index (χ0n) is 22.9.